The predicted molar refractivity (Wildman–Crippen MR) is 125 cm³/mol. The Balaban J connectivity index is 1.36. The Labute approximate surface area is 197 Å². The van der Waals surface area contributed by atoms with Gasteiger partial charge in [0.15, 0.2) is 11.8 Å². The monoisotopic (exact) mass is 485 g/mol. The molecule has 0 spiro atoms. The standard InChI is InChI=1S/C22H20FN5O3S2/c1-2-19-26-27-21(33-19)25-18(29)12-31-20(30)13-32-22-24-16-5-3-4-6-17(16)28(22)11-14-7-9-15(23)10-8-14/h3-10H,2,11-13H2,1H3,(H,25,27,29). The van der Waals surface area contributed by atoms with Crippen LogP contribution in [0.15, 0.2) is 53.7 Å². The second-order valence-electron chi connectivity index (χ2n) is 6.95. The molecule has 1 amide bonds. The van der Waals surface area contributed by atoms with Crippen LogP contribution in [0.1, 0.15) is 17.5 Å². The van der Waals surface area contributed by atoms with Gasteiger partial charge in [0.25, 0.3) is 5.91 Å². The summed E-state index contributed by atoms with van der Waals surface area (Å²) in [4.78, 5) is 28.8. The van der Waals surface area contributed by atoms with Crippen LogP contribution in [0.2, 0.25) is 0 Å². The maximum atomic E-state index is 13.3. The Kier molecular flexibility index (Phi) is 7.30. The lowest BCUT2D eigenvalue weighted by Gasteiger charge is -2.09. The van der Waals surface area contributed by atoms with Gasteiger partial charge in [-0.05, 0) is 36.2 Å². The van der Waals surface area contributed by atoms with E-state index in [0.29, 0.717) is 16.8 Å². The number of anilines is 1. The molecule has 4 aromatic rings. The van der Waals surface area contributed by atoms with Crippen molar-refractivity contribution in [3.05, 3.63) is 64.9 Å². The number of aryl methyl sites for hydroxylation is 1. The number of hydrogen-bond donors (Lipinski definition) is 1. The number of thioether (sulfide) groups is 1. The number of esters is 1. The largest absolute Gasteiger partial charge is 0.455 e. The fourth-order valence-corrected chi connectivity index (χ4v) is 4.51. The molecule has 0 atom stereocenters. The zero-order valence-electron chi connectivity index (χ0n) is 17.7. The van der Waals surface area contributed by atoms with E-state index < -0.39 is 18.5 Å². The molecule has 170 valence electrons. The first kappa shape index (κ1) is 22.9. The first-order valence-corrected chi connectivity index (χ1v) is 11.9. The summed E-state index contributed by atoms with van der Waals surface area (Å²) < 4.78 is 20.3. The molecular formula is C22H20FN5O3S2. The van der Waals surface area contributed by atoms with Gasteiger partial charge in [-0.3, -0.25) is 14.9 Å². The van der Waals surface area contributed by atoms with Gasteiger partial charge >= 0.3 is 5.97 Å². The minimum Gasteiger partial charge on any atom is -0.455 e. The van der Waals surface area contributed by atoms with Crippen molar-refractivity contribution >= 4 is 51.1 Å². The molecule has 0 aliphatic rings. The number of hydrogen-bond acceptors (Lipinski definition) is 8. The fraction of sp³-hybridized carbons (Fsp3) is 0.227. The quantitative estimate of drug-likeness (QED) is 0.283. The maximum absolute atomic E-state index is 13.3. The van der Waals surface area contributed by atoms with Crippen molar-refractivity contribution in [3.63, 3.8) is 0 Å². The number of fused-ring (bicyclic) bond motifs is 1. The van der Waals surface area contributed by atoms with Gasteiger partial charge in [0.1, 0.15) is 10.8 Å². The van der Waals surface area contributed by atoms with E-state index in [9.17, 15) is 14.0 Å². The van der Waals surface area contributed by atoms with Crippen LogP contribution in [0.3, 0.4) is 0 Å². The number of nitrogens with one attached hydrogen (secondary N) is 1. The Bertz CT molecular complexity index is 1270. The van der Waals surface area contributed by atoms with Gasteiger partial charge in [0.2, 0.25) is 5.13 Å². The molecule has 0 radical (unpaired) electrons. The van der Waals surface area contributed by atoms with Crippen molar-refractivity contribution in [2.45, 2.75) is 25.0 Å². The second kappa shape index (κ2) is 10.5. The molecule has 0 fully saturated rings. The highest BCUT2D eigenvalue weighted by atomic mass is 32.2. The van der Waals surface area contributed by atoms with Gasteiger partial charge in [0, 0.05) is 0 Å². The summed E-state index contributed by atoms with van der Waals surface area (Å²) in [6.45, 7) is 2.01. The maximum Gasteiger partial charge on any atom is 0.316 e. The van der Waals surface area contributed by atoms with E-state index in [0.717, 1.165) is 28.0 Å². The molecule has 0 unspecified atom stereocenters. The van der Waals surface area contributed by atoms with Crippen molar-refractivity contribution < 1.29 is 18.7 Å². The molecule has 2 heterocycles. The zero-order chi connectivity index (χ0) is 23.2. The second-order valence-corrected chi connectivity index (χ2v) is 8.95. The highest BCUT2D eigenvalue weighted by molar-refractivity contribution is 7.99. The van der Waals surface area contributed by atoms with E-state index in [4.69, 9.17) is 4.74 Å². The van der Waals surface area contributed by atoms with Gasteiger partial charge in [0.05, 0.1) is 23.3 Å². The number of benzene rings is 2. The van der Waals surface area contributed by atoms with Gasteiger partial charge < -0.3 is 9.30 Å². The van der Waals surface area contributed by atoms with Crippen molar-refractivity contribution in [2.24, 2.45) is 0 Å². The summed E-state index contributed by atoms with van der Waals surface area (Å²) in [5, 5.41) is 12.2. The van der Waals surface area contributed by atoms with E-state index in [1.165, 1.54) is 35.2 Å². The van der Waals surface area contributed by atoms with E-state index in [-0.39, 0.29) is 11.6 Å². The first-order valence-electron chi connectivity index (χ1n) is 10.1. The number of amides is 1. The Morgan fingerprint density at radius 1 is 1.15 bits per heavy atom. The molecule has 1 N–H and O–H groups in total. The van der Waals surface area contributed by atoms with Crippen LogP contribution >= 0.6 is 23.1 Å². The lowest BCUT2D eigenvalue weighted by atomic mass is 10.2. The molecule has 2 aromatic carbocycles. The number of halogens is 1. The third-order valence-corrected chi connectivity index (χ3v) is 6.51. The molecule has 4 rings (SSSR count). The summed E-state index contributed by atoms with van der Waals surface area (Å²) in [6, 6.07) is 13.9. The van der Waals surface area contributed by atoms with Gasteiger partial charge in [-0.25, -0.2) is 9.37 Å². The van der Waals surface area contributed by atoms with Crippen LogP contribution in [0.5, 0.6) is 0 Å². The van der Waals surface area contributed by atoms with E-state index in [1.807, 2.05) is 35.8 Å². The lowest BCUT2D eigenvalue weighted by molar-refractivity contribution is -0.144. The van der Waals surface area contributed by atoms with Crippen molar-refractivity contribution in [3.8, 4) is 0 Å². The molecule has 11 heteroatoms. The molecule has 0 saturated carbocycles. The normalized spacial score (nSPS) is 11.0. The zero-order valence-corrected chi connectivity index (χ0v) is 19.3. The molecule has 8 nitrogen and oxygen atoms in total. The number of carbonyl (C=O) groups excluding carboxylic acids is 2. The molecule has 0 aliphatic heterocycles. The van der Waals surface area contributed by atoms with Crippen molar-refractivity contribution in [2.75, 3.05) is 17.7 Å². The number of imidazole rings is 1. The van der Waals surface area contributed by atoms with Crippen LogP contribution in [0.4, 0.5) is 9.52 Å². The van der Waals surface area contributed by atoms with Crippen molar-refractivity contribution in [1.82, 2.24) is 19.7 Å². The van der Waals surface area contributed by atoms with E-state index >= 15 is 0 Å². The number of carbonyl (C=O) groups is 2. The Morgan fingerprint density at radius 3 is 2.70 bits per heavy atom. The molecule has 0 bridgehead atoms. The fourth-order valence-electron chi connectivity index (χ4n) is 3.00. The van der Waals surface area contributed by atoms with Crippen molar-refractivity contribution in [1.29, 1.82) is 0 Å². The van der Waals surface area contributed by atoms with Crippen LogP contribution in [0, 0.1) is 5.82 Å². The molecule has 0 aliphatic carbocycles. The highest BCUT2D eigenvalue weighted by Crippen LogP contribution is 2.25. The summed E-state index contributed by atoms with van der Waals surface area (Å²) in [5.74, 6) is -1.33. The summed E-state index contributed by atoms with van der Waals surface area (Å²) >= 11 is 2.49. The molecular weight excluding hydrogens is 465 g/mol. The third-order valence-electron chi connectivity index (χ3n) is 4.57. The van der Waals surface area contributed by atoms with Gasteiger partial charge in [-0.1, -0.05) is 54.3 Å². The lowest BCUT2D eigenvalue weighted by Crippen LogP contribution is -2.21. The van der Waals surface area contributed by atoms with Gasteiger partial charge in [-0.2, -0.15) is 0 Å². The average Bonchev–Trinajstić information content (AvgIpc) is 3.42. The van der Waals surface area contributed by atoms with Crippen LogP contribution in [-0.2, 0) is 27.3 Å². The number of aromatic nitrogens is 4. The van der Waals surface area contributed by atoms with Crippen LogP contribution in [-0.4, -0.2) is 44.0 Å². The molecule has 2 aromatic heterocycles. The molecule has 33 heavy (non-hydrogen) atoms. The topological polar surface area (TPSA) is 99.0 Å². The SMILES string of the molecule is CCc1nnc(NC(=O)COC(=O)CSc2nc3ccccc3n2Cc2ccc(F)cc2)s1. The number of rotatable bonds is 9. The Morgan fingerprint density at radius 2 is 1.94 bits per heavy atom. The minimum atomic E-state index is -0.540. The van der Waals surface area contributed by atoms with Crippen LogP contribution < -0.4 is 5.32 Å². The minimum absolute atomic E-state index is 0.0151. The van der Waals surface area contributed by atoms with Crippen LogP contribution in [0.25, 0.3) is 11.0 Å². The smallest absolute Gasteiger partial charge is 0.316 e. The number of nitrogens with zero attached hydrogens (tertiary/aromatic N) is 4. The average molecular weight is 486 g/mol. The summed E-state index contributed by atoms with van der Waals surface area (Å²) in [5.41, 5.74) is 2.60. The predicted octanol–water partition coefficient (Wildman–Crippen LogP) is 3.91. The summed E-state index contributed by atoms with van der Waals surface area (Å²) in [6.07, 6.45) is 0.728. The highest BCUT2D eigenvalue weighted by Gasteiger charge is 2.15. The Hall–Kier alpha value is -3.31. The van der Waals surface area contributed by atoms with E-state index in [1.54, 1.807) is 12.1 Å². The van der Waals surface area contributed by atoms with Gasteiger partial charge in [-0.15, -0.1) is 10.2 Å². The number of ether oxygens (including phenoxy) is 1. The third kappa shape index (κ3) is 5.93. The molecule has 0 saturated heterocycles. The van der Waals surface area contributed by atoms with E-state index in [2.05, 4.69) is 20.5 Å². The summed E-state index contributed by atoms with van der Waals surface area (Å²) in [7, 11) is 0. The number of para-hydroxylation sites is 2. The first-order chi connectivity index (χ1) is 16.0.